The van der Waals surface area contributed by atoms with E-state index in [1.54, 1.807) is 55.7 Å². The van der Waals surface area contributed by atoms with Crippen molar-refractivity contribution in [3.05, 3.63) is 54.1 Å². The first-order valence-corrected chi connectivity index (χ1v) is 9.50. The number of benzene rings is 2. The van der Waals surface area contributed by atoms with E-state index in [2.05, 4.69) is 5.32 Å². The van der Waals surface area contributed by atoms with Gasteiger partial charge in [0.15, 0.2) is 17.6 Å². The van der Waals surface area contributed by atoms with E-state index in [4.69, 9.17) is 18.9 Å². The molecule has 2 aromatic rings. The number of nitrogens with one attached hydrogen (secondary N) is 1. The minimum atomic E-state index is -0.968. The van der Waals surface area contributed by atoms with Crippen LogP contribution in [-0.4, -0.2) is 38.3 Å². The molecular weight excluding hydrogens is 386 g/mol. The van der Waals surface area contributed by atoms with Gasteiger partial charge in [0.1, 0.15) is 5.75 Å². The van der Waals surface area contributed by atoms with Gasteiger partial charge in [-0.25, -0.2) is 4.79 Å². The first-order valence-electron chi connectivity index (χ1n) is 9.50. The minimum absolute atomic E-state index is 0.0138. The van der Waals surface area contributed by atoms with E-state index >= 15 is 0 Å². The Hall–Kier alpha value is -3.48. The van der Waals surface area contributed by atoms with E-state index in [9.17, 15) is 9.59 Å². The van der Waals surface area contributed by atoms with Gasteiger partial charge in [-0.05, 0) is 56.7 Å². The number of anilines is 1. The van der Waals surface area contributed by atoms with E-state index in [-0.39, 0.29) is 6.10 Å². The van der Waals surface area contributed by atoms with Crippen molar-refractivity contribution < 1.29 is 28.5 Å². The molecule has 7 nitrogen and oxygen atoms in total. The summed E-state index contributed by atoms with van der Waals surface area (Å²) in [6, 6.07) is 12.2. The number of rotatable bonds is 9. The van der Waals surface area contributed by atoms with Crippen LogP contribution in [0.3, 0.4) is 0 Å². The van der Waals surface area contributed by atoms with Gasteiger partial charge in [-0.3, -0.25) is 4.79 Å². The molecule has 0 fully saturated rings. The fourth-order valence-electron chi connectivity index (χ4n) is 2.52. The highest BCUT2D eigenvalue weighted by molar-refractivity contribution is 5.96. The molecule has 30 heavy (non-hydrogen) atoms. The SMILES string of the molecule is COc1cccc(NC(=O)[C@@H](C)OC(=O)/C=C/c2ccc(OC(C)C)c(OC)c2)c1. The van der Waals surface area contributed by atoms with Crippen LogP contribution in [0.15, 0.2) is 48.5 Å². The summed E-state index contributed by atoms with van der Waals surface area (Å²) in [5, 5.41) is 2.68. The van der Waals surface area contributed by atoms with E-state index in [1.165, 1.54) is 20.1 Å². The summed E-state index contributed by atoms with van der Waals surface area (Å²) < 4.78 is 21.3. The summed E-state index contributed by atoms with van der Waals surface area (Å²) in [4.78, 5) is 24.3. The lowest BCUT2D eigenvalue weighted by Gasteiger charge is -2.14. The molecule has 2 rings (SSSR count). The van der Waals surface area contributed by atoms with Crippen LogP contribution in [0.1, 0.15) is 26.3 Å². The van der Waals surface area contributed by atoms with Crippen LogP contribution in [0.4, 0.5) is 5.69 Å². The van der Waals surface area contributed by atoms with E-state index in [0.29, 0.717) is 22.9 Å². The average molecular weight is 413 g/mol. The number of hydrogen-bond donors (Lipinski definition) is 1. The van der Waals surface area contributed by atoms with Crippen LogP contribution in [0.5, 0.6) is 17.2 Å². The molecule has 1 amide bonds. The van der Waals surface area contributed by atoms with Gasteiger partial charge in [-0.2, -0.15) is 0 Å². The van der Waals surface area contributed by atoms with Crippen molar-refractivity contribution in [1.29, 1.82) is 0 Å². The predicted molar refractivity (Wildman–Crippen MR) is 115 cm³/mol. The Morgan fingerprint density at radius 1 is 0.967 bits per heavy atom. The van der Waals surface area contributed by atoms with Gasteiger partial charge in [-0.15, -0.1) is 0 Å². The van der Waals surface area contributed by atoms with Crippen LogP contribution in [-0.2, 0) is 14.3 Å². The topological polar surface area (TPSA) is 83.1 Å². The van der Waals surface area contributed by atoms with Crippen LogP contribution in [0.2, 0.25) is 0 Å². The lowest BCUT2D eigenvalue weighted by Crippen LogP contribution is -2.29. The molecule has 0 heterocycles. The first-order chi connectivity index (χ1) is 14.3. The van der Waals surface area contributed by atoms with E-state index in [1.807, 2.05) is 13.8 Å². The monoisotopic (exact) mass is 413 g/mol. The van der Waals surface area contributed by atoms with Crippen molar-refractivity contribution in [2.45, 2.75) is 33.0 Å². The molecule has 0 unspecified atom stereocenters. The molecule has 1 N–H and O–H groups in total. The summed E-state index contributed by atoms with van der Waals surface area (Å²) >= 11 is 0. The Morgan fingerprint density at radius 3 is 2.40 bits per heavy atom. The maximum Gasteiger partial charge on any atom is 0.331 e. The van der Waals surface area contributed by atoms with Gasteiger partial charge in [0.05, 0.1) is 20.3 Å². The van der Waals surface area contributed by atoms with Gasteiger partial charge in [0.25, 0.3) is 5.91 Å². The lowest BCUT2D eigenvalue weighted by molar-refractivity contribution is -0.148. The Labute approximate surface area is 176 Å². The van der Waals surface area contributed by atoms with Gasteiger partial charge < -0.3 is 24.3 Å². The standard InChI is InChI=1S/C23H27NO6/c1-15(2)29-20-11-9-17(13-21(20)28-5)10-12-22(25)30-16(3)23(26)24-18-7-6-8-19(14-18)27-4/h6-16H,1-5H3,(H,24,26)/b12-10+/t16-/m1/s1. The van der Waals surface area contributed by atoms with Crippen molar-refractivity contribution in [3.63, 3.8) is 0 Å². The van der Waals surface area contributed by atoms with Gasteiger partial charge in [-0.1, -0.05) is 12.1 Å². The average Bonchev–Trinajstić information content (AvgIpc) is 2.72. The first kappa shape index (κ1) is 22.8. The summed E-state index contributed by atoms with van der Waals surface area (Å²) in [5.74, 6) is 0.715. The molecule has 160 valence electrons. The molecular formula is C23H27NO6. The molecule has 0 aliphatic rings. The zero-order valence-electron chi connectivity index (χ0n) is 17.8. The van der Waals surface area contributed by atoms with Gasteiger partial charge in [0.2, 0.25) is 0 Å². The normalized spacial score (nSPS) is 11.8. The summed E-state index contributed by atoms with van der Waals surface area (Å²) in [5.41, 5.74) is 1.28. The third kappa shape index (κ3) is 6.84. The van der Waals surface area contributed by atoms with Gasteiger partial charge in [0, 0.05) is 17.8 Å². The predicted octanol–water partition coefficient (Wildman–Crippen LogP) is 4.07. The number of ether oxygens (including phenoxy) is 4. The molecule has 0 bridgehead atoms. The van der Waals surface area contributed by atoms with Crippen LogP contribution < -0.4 is 19.5 Å². The van der Waals surface area contributed by atoms with E-state index < -0.39 is 18.0 Å². The smallest absolute Gasteiger partial charge is 0.331 e. The number of amides is 1. The van der Waals surface area contributed by atoms with Gasteiger partial charge >= 0.3 is 5.97 Å². The fourth-order valence-corrected chi connectivity index (χ4v) is 2.52. The number of methoxy groups -OCH3 is 2. The highest BCUT2D eigenvalue weighted by Gasteiger charge is 2.17. The largest absolute Gasteiger partial charge is 0.497 e. The summed E-state index contributed by atoms with van der Waals surface area (Å²) in [6.45, 7) is 5.35. The molecule has 1 atom stereocenters. The second-order valence-corrected chi connectivity index (χ2v) is 6.71. The third-order valence-electron chi connectivity index (χ3n) is 3.96. The Balaban J connectivity index is 1.95. The molecule has 0 saturated carbocycles. The molecule has 0 aliphatic carbocycles. The van der Waals surface area contributed by atoms with Crippen molar-refractivity contribution >= 4 is 23.6 Å². The van der Waals surface area contributed by atoms with Crippen LogP contribution in [0, 0.1) is 0 Å². The number of carbonyl (C=O) groups is 2. The second-order valence-electron chi connectivity index (χ2n) is 6.71. The number of esters is 1. The Kier molecular flexibility index (Phi) is 8.29. The fraction of sp³-hybridized carbons (Fsp3) is 0.304. The summed E-state index contributed by atoms with van der Waals surface area (Å²) in [6.07, 6.45) is 1.88. The highest BCUT2D eigenvalue weighted by Crippen LogP contribution is 2.29. The third-order valence-corrected chi connectivity index (χ3v) is 3.96. The maximum atomic E-state index is 12.2. The lowest BCUT2D eigenvalue weighted by atomic mass is 10.2. The molecule has 0 saturated heterocycles. The molecule has 0 spiro atoms. The van der Waals surface area contributed by atoms with Crippen molar-refractivity contribution in [3.8, 4) is 17.2 Å². The highest BCUT2D eigenvalue weighted by atomic mass is 16.5. The molecule has 7 heteroatoms. The molecule has 0 aliphatic heterocycles. The second kappa shape index (κ2) is 10.9. The maximum absolute atomic E-state index is 12.2. The van der Waals surface area contributed by atoms with Crippen LogP contribution in [0.25, 0.3) is 6.08 Å². The molecule has 0 aromatic heterocycles. The Morgan fingerprint density at radius 2 is 1.73 bits per heavy atom. The van der Waals surface area contributed by atoms with Crippen molar-refractivity contribution in [2.75, 3.05) is 19.5 Å². The number of carbonyl (C=O) groups excluding carboxylic acids is 2. The zero-order chi connectivity index (χ0) is 22.1. The molecule has 0 radical (unpaired) electrons. The van der Waals surface area contributed by atoms with Crippen LogP contribution >= 0.6 is 0 Å². The quantitative estimate of drug-likeness (QED) is 0.493. The Bertz CT molecular complexity index is 906. The zero-order valence-corrected chi connectivity index (χ0v) is 17.8. The number of hydrogen-bond acceptors (Lipinski definition) is 6. The van der Waals surface area contributed by atoms with Crippen molar-refractivity contribution in [1.82, 2.24) is 0 Å². The summed E-state index contributed by atoms with van der Waals surface area (Å²) in [7, 11) is 3.09. The van der Waals surface area contributed by atoms with E-state index in [0.717, 1.165) is 5.56 Å². The minimum Gasteiger partial charge on any atom is -0.497 e. The molecule has 2 aromatic carbocycles. The van der Waals surface area contributed by atoms with Crippen molar-refractivity contribution in [2.24, 2.45) is 0 Å².